The van der Waals surface area contributed by atoms with Crippen molar-refractivity contribution in [2.45, 2.75) is 26.3 Å². The van der Waals surface area contributed by atoms with Gasteiger partial charge in [-0.25, -0.2) is 0 Å². The number of carbonyl (C=O) groups is 1. The van der Waals surface area contributed by atoms with Crippen molar-refractivity contribution in [2.75, 3.05) is 0 Å². The van der Waals surface area contributed by atoms with Gasteiger partial charge in [-0.15, -0.1) is 10.2 Å². The van der Waals surface area contributed by atoms with Gasteiger partial charge in [-0.3, -0.25) is 9.59 Å². The van der Waals surface area contributed by atoms with Gasteiger partial charge in [0.1, 0.15) is 6.54 Å². The lowest BCUT2D eigenvalue weighted by Gasteiger charge is -2.04. The van der Waals surface area contributed by atoms with E-state index < -0.39 is 5.91 Å². The normalized spacial score (nSPS) is 11.6. The molecule has 3 rings (SSSR count). The Labute approximate surface area is 143 Å². The van der Waals surface area contributed by atoms with E-state index in [0.717, 1.165) is 5.56 Å². The van der Waals surface area contributed by atoms with Gasteiger partial charge in [0.05, 0.1) is 5.52 Å². The van der Waals surface area contributed by atoms with Crippen LogP contribution in [0, 0.1) is 0 Å². The van der Waals surface area contributed by atoms with Crippen molar-refractivity contribution in [1.82, 2.24) is 9.55 Å². The highest BCUT2D eigenvalue weighted by Gasteiger charge is 2.13. The number of hydrogen-bond acceptors (Lipinski definition) is 4. The molecule has 0 bridgehead atoms. The quantitative estimate of drug-likeness (QED) is 0.712. The van der Waals surface area contributed by atoms with E-state index in [4.69, 9.17) is 0 Å². The number of H-pyrrole nitrogens is 1. The van der Waals surface area contributed by atoms with E-state index in [1.165, 1.54) is 16.8 Å². The molecule has 2 heterocycles. The van der Waals surface area contributed by atoms with E-state index in [0.29, 0.717) is 16.8 Å². The Balaban J connectivity index is 1.89. The van der Waals surface area contributed by atoms with Gasteiger partial charge in [-0.2, -0.15) is 0 Å². The van der Waals surface area contributed by atoms with Crippen LogP contribution >= 0.6 is 0 Å². The largest absolute Gasteiger partial charge is 0.493 e. The van der Waals surface area contributed by atoms with Gasteiger partial charge in [0.25, 0.3) is 11.5 Å². The molecule has 1 aromatic carbocycles. The molecule has 0 saturated carbocycles. The average molecular weight is 338 g/mol. The number of pyridine rings is 1. The summed E-state index contributed by atoms with van der Waals surface area (Å²) in [4.78, 5) is 26.4. The SMILES string of the molecule is CC(C)c1ccc2[nH]c(O)c(N=NC(=O)Cn3ccccc3=O)c2c1. The molecule has 1 amide bonds. The van der Waals surface area contributed by atoms with Gasteiger partial charge >= 0.3 is 0 Å². The van der Waals surface area contributed by atoms with Gasteiger partial charge in [0, 0.05) is 17.6 Å². The molecular formula is C18H18N4O3. The number of benzene rings is 1. The number of nitrogens with one attached hydrogen (secondary N) is 1. The first-order chi connectivity index (χ1) is 12.0. The molecule has 7 heteroatoms. The van der Waals surface area contributed by atoms with Crippen molar-refractivity contribution in [3.8, 4) is 5.88 Å². The standard InChI is InChI=1S/C18H18N4O3/c1-11(2)12-6-7-14-13(9-12)17(18(25)19-14)21-20-15(23)10-22-8-4-3-5-16(22)24/h3-9,11,19,25H,10H2,1-2H3. The van der Waals surface area contributed by atoms with Gasteiger partial charge in [-0.1, -0.05) is 26.0 Å². The van der Waals surface area contributed by atoms with Crippen LogP contribution in [0.2, 0.25) is 0 Å². The molecule has 25 heavy (non-hydrogen) atoms. The zero-order chi connectivity index (χ0) is 18.0. The predicted octanol–water partition coefficient (Wildman–Crippen LogP) is 3.47. The summed E-state index contributed by atoms with van der Waals surface area (Å²) in [7, 11) is 0. The number of amides is 1. The van der Waals surface area contributed by atoms with Crippen LogP contribution in [0.1, 0.15) is 25.3 Å². The lowest BCUT2D eigenvalue weighted by molar-refractivity contribution is -0.118. The lowest BCUT2D eigenvalue weighted by atomic mass is 10.0. The number of azo groups is 1. The maximum atomic E-state index is 12.0. The van der Waals surface area contributed by atoms with Crippen LogP contribution in [0.25, 0.3) is 10.9 Å². The fourth-order valence-corrected chi connectivity index (χ4v) is 2.52. The number of hydrogen-bond donors (Lipinski definition) is 2. The van der Waals surface area contributed by atoms with Crippen LogP contribution in [0.5, 0.6) is 5.88 Å². The van der Waals surface area contributed by atoms with Crippen LogP contribution in [0.3, 0.4) is 0 Å². The second-order valence-electron chi connectivity index (χ2n) is 6.04. The Bertz CT molecular complexity index is 1010. The third-order valence-corrected chi connectivity index (χ3v) is 3.91. The number of fused-ring (bicyclic) bond motifs is 1. The van der Waals surface area contributed by atoms with E-state index in [1.54, 1.807) is 12.1 Å². The lowest BCUT2D eigenvalue weighted by Crippen LogP contribution is -2.21. The Morgan fingerprint density at radius 2 is 2.08 bits per heavy atom. The molecule has 0 aliphatic heterocycles. The number of rotatable bonds is 4. The summed E-state index contributed by atoms with van der Waals surface area (Å²) in [6.45, 7) is 3.93. The molecule has 2 aromatic heterocycles. The third kappa shape index (κ3) is 3.50. The summed E-state index contributed by atoms with van der Waals surface area (Å²) in [6.07, 6.45) is 1.51. The first kappa shape index (κ1) is 16.6. The highest BCUT2D eigenvalue weighted by Crippen LogP contribution is 2.36. The van der Waals surface area contributed by atoms with E-state index >= 15 is 0 Å². The summed E-state index contributed by atoms with van der Waals surface area (Å²) in [5, 5.41) is 18.3. The molecule has 0 atom stereocenters. The van der Waals surface area contributed by atoms with Crippen LogP contribution in [-0.4, -0.2) is 20.6 Å². The van der Waals surface area contributed by atoms with Gasteiger partial charge in [0.2, 0.25) is 5.88 Å². The van der Waals surface area contributed by atoms with Crippen LogP contribution in [-0.2, 0) is 11.3 Å². The number of aromatic nitrogens is 2. The molecule has 0 radical (unpaired) electrons. The summed E-state index contributed by atoms with van der Waals surface area (Å²) in [5.41, 5.74) is 1.72. The fraction of sp³-hybridized carbons (Fsp3) is 0.222. The number of aromatic hydroxyl groups is 1. The maximum absolute atomic E-state index is 12.0. The minimum Gasteiger partial charge on any atom is -0.493 e. The second kappa shape index (κ2) is 6.72. The zero-order valence-corrected chi connectivity index (χ0v) is 13.9. The van der Waals surface area contributed by atoms with Crippen molar-refractivity contribution in [3.63, 3.8) is 0 Å². The van der Waals surface area contributed by atoms with Crippen molar-refractivity contribution in [3.05, 3.63) is 58.5 Å². The number of aromatic amines is 1. The summed E-state index contributed by atoms with van der Waals surface area (Å²) in [6, 6.07) is 10.4. The molecule has 7 nitrogen and oxygen atoms in total. The summed E-state index contributed by atoms with van der Waals surface area (Å²) >= 11 is 0. The molecule has 0 unspecified atom stereocenters. The predicted molar refractivity (Wildman–Crippen MR) is 94.3 cm³/mol. The maximum Gasteiger partial charge on any atom is 0.284 e. The Morgan fingerprint density at radius 3 is 2.80 bits per heavy atom. The highest BCUT2D eigenvalue weighted by molar-refractivity contribution is 5.95. The Morgan fingerprint density at radius 1 is 1.28 bits per heavy atom. The van der Waals surface area contributed by atoms with Crippen LogP contribution in [0.4, 0.5) is 5.69 Å². The average Bonchev–Trinajstić information content (AvgIpc) is 2.89. The molecule has 2 N–H and O–H groups in total. The monoisotopic (exact) mass is 338 g/mol. The number of nitrogens with zero attached hydrogens (tertiary/aromatic N) is 3. The first-order valence-corrected chi connectivity index (χ1v) is 7.90. The van der Waals surface area contributed by atoms with Crippen molar-refractivity contribution in [2.24, 2.45) is 10.2 Å². The highest BCUT2D eigenvalue weighted by atomic mass is 16.3. The minimum absolute atomic E-state index is 0.149. The third-order valence-electron chi connectivity index (χ3n) is 3.91. The summed E-state index contributed by atoms with van der Waals surface area (Å²) in [5.74, 6) is -0.413. The second-order valence-corrected chi connectivity index (χ2v) is 6.04. The summed E-state index contributed by atoms with van der Waals surface area (Å²) < 4.78 is 1.24. The molecular weight excluding hydrogens is 320 g/mol. The van der Waals surface area contributed by atoms with E-state index in [-0.39, 0.29) is 23.7 Å². The molecule has 0 saturated heterocycles. The zero-order valence-electron chi connectivity index (χ0n) is 13.9. The van der Waals surface area contributed by atoms with Crippen molar-refractivity contribution >= 4 is 22.5 Å². The molecule has 0 spiro atoms. The molecule has 0 aliphatic carbocycles. The van der Waals surface area contributed by atoms with E-state index in [9.17, 15) is 14.7 Å². The molecule has 3 aromatic rings. The van der Waals surface area contributed by atoms with Gasteiger partial charge in [-0.05, 0) is 29.7 Å². The van der Waals surface area contributed by atoms with Gasteiger partial charge < -0.3 is 14.7 Å². The Kier molecular flexibility index (Phi) is 4.47. The topological polar surface area (TPSA) is 99.8 Å². The van der Waals surface area contributed by atoms with Crippen LogP contribution in [0.15, 0.2) is 57.6 Å². The minimum atomic E-state index is -0.581. The van der Waals surface area contributed by atoms with E-state index in [2.05, 4.69) is 29.1 Å². The molecule has 0 fully saturated rings. The van der Waals surface area contributed by atoms with Crippen LogP contribution < -0.4 is 5.56 Å². The Hall–Kier alpha value is -3.22. The fourth-order valence-electron chi connectivity index (χ4n) is 2.52. The molecule has 128 valence electrons. The van der Waals surface area contributed by atoms with Gasteiger partial charge in [0.15, 0.2) is 5.69 Å². The first-order valence-electron chi connectivity index (χ1n) is 7.90. The van der Waals surface area contributed by atoms with E-state index in [1.807, 2.05) is 18.2 Å². The number of carbonyl (C=O) groups excluding carboxylic acids is 1. The van der Waals surface area contributed by atoms with Crippen molar-refractivity contribution in [1.29, 1.82) is 0 Å². The smallest absolute Gasteiger partial charge is 0.284 e. The van der Waals surface area contributed by atoms with Crippen molar-refractivity contribution < 1.29 is 9.90 Å². The molecule has 0 aliphatic rings.